The fourth-order valence-electron chi connectivity index (χ4n) is 1.74. The Hall–Kier alpha value is -2.11. The lowest BCUT2D eigenvalue weighted by Gasteiger charge is -2.07. The molecule has 2 aromatic carbocycles. The van der Waals surface area contributed by atoms with Gasteiger partial charge in [0, 0.05) is 10.6 Å². The van der Waals surface area contributed by atoms with Gasteiger partial charge in [0.15, 0.2) is 0 Å². The number of phenolic OH excluding ortho intramolecular Hbond substituents is 1. The average molecular weight is 341 g/mol. The quantitative estimate of drug-likeness (QED) is 0.655. The van der Waals surface area contributed by atoms with Crippen molar-refractivity contribution >= 4 is 34.8 Å². The van der Waals surface area contributed by atoms with Crippen LogP contribution in [0.5, 0.6) is 5.75 Å². The lowest BCUT2D eigenvalue weighted by atomic mass is 10.1. The molecule has 0 aliphatic carbocycles. The van der Waals surface area contributed by atoms with E-state index in [1.807, 2.05) is 0 Å². The highest BCUT2D eigenvalue weighted by Gasteiger charge is 2.13. The third-order valence-electron chi connectivity index (χ3n) is 2.86. The topological polar surface area (TPSA) is 61.7 Å². The Morgan fingerprint density at radius 1 is 1.23 bits per heavy atom. The molecule has 0 atom stereocenters. The Morgan fingerprint density at radius 3 is 2.59 bits per heavy atom. The molecule has 7 heteroatoms. The van der Waals surface area contributed by atoms with E-state index in [0.717, 1.165) is 0 Å². The number of carbonyl (C=O) groups is 1. The van der Waals surface area contributed by atoms with Gasteiger partial charge in [0.05, 0.1) is 16.3 Å². The Kier molecular flexibility index (Phi) is 5.00. The molecule has 0 bridgehead atoms. The Morgan fingerprint density at radius 2 is 1.91 bits per heavy atom. The Labute approximate surface area is 136 Å². The van der Waals surface area contributed by atoms with Crippen LogP contribution in [0, 0.1) is 5.82 Å². The van der Waals surface area contributed by atoms with E-state index in [9.17, 15) is 14.3 Å². The summed E-state index contributed by atoms with van der Waals surface area (Å²) in [5.41, 5.74) is 2.62. The van der Waals surface area contributed by atoms with E-state index in [1.165, 1.54) is 36.4 Å². The van der Waals surface area contributed by atoms with Crippen molar-refractivity contribution in [2.75, 3.05) is 0 Å². The van der Waals surface area contributed by atoms with E-state index in [-0.39, 0.29) is 27.6 Å². The van der Waals surface area contributed by atoms with Gasteiger partial charge in [0.2, 0.25) is 0 Å². The smallest absolute Gasteiger partial charge is 0.274 e. The lowest BCUT2D eigenvalue weighted by molar-refractivity contribution is 0.0951. The van der Waals surface area contributed by atoms with Crippen molar-refractivity contribution in [1.82, 2.24) is 5.43 Å². The number of rotatable bonds is 3. The van der Waals surface area contributed by atoms with Crippen molar-refractivity contribution in [3.63, 3.8) is 0 Å². The molecule has 0 aromatic heterocycles. The number of aromatic hydroxyl groups is 1. The summed E-state index contributed by atoms with van der Waals surface area (Å²) in [5, 5.41) is 14.1. The molecule has 0 saturated heterocycles. The molecule has 0 fully saturated rings. The molecular formula is C15H11Cl2FN2O2. The Bertz CT molecular complexity index is 763. The second-order valence-electron chi connectivity index (χ2n) is 4.40. The van der Waals surface area contributed by atoms with Gasteiger partial charge in [-0.2, -0.15) is 5.10 Å². The molecule has 0 aliphatic heterocycles. The first kappa shape index (κ1) is 16.3. The van der Waals surface area contributed by atoms with Crippen LogP contribution in [0.1, 0.15) is 22.8 Å². The minimum atomic E-state index is -0.704. The van der Waals surface area contributed by atoms with Gasteiger partial charge in [0.25, 0.3) is 5.91 Å². The summed E-state index contributed by atoms with van der Waals surface area (Å²) in [6.07, 6.45) is 0. The molecule has 0 aliphatic rings. The zero-order chi connectivity index (χ0) is 16.3. The summed E-state index contributed by atoms with van der Waals surface area (Å²) >= 11 is 11.7. The van der Waals surface area contributed by atoms with Crippen molar-refractivity contribution in [2.24, 2.45) is 5.10 Å². The molecule has 1 amide bonds. The minimum absolute atomic E-state index is 0.0671. The second-order valence-corrected chi connectivity index (χ2v) is 5.25. The lowest BCUT2D eigenvalue weighted by Crippen LogP contribution is -2.20. The highest BCUT2D eigenvalue weighted by atomic mass is 35.5. The van der Waals surface area contributed by atoms with Crippen LogP contribution in [0.25, 0.3) is 0 Å². The van der Waals surface area contributed by atoms with Gasteiger partial charge in [-0.1, -0.05) is 35.3 Å². The summed E-state index contributed by atoms with van der Waals surface area (Å²) < 4.78 is 13.5. The minimum Gasteiger partial charge on any atom is -0.506 e. The number of hydrogen-bond donors (Lipinski definition) is 2. The van der Waals surface area contributed by atoms with E-state index in [1.54, 1.807) is 6.92 Å². The first-order chi connectivity index (χ1) is 10.4. The second kappa shape index (κ2) is 6.77. The van der Waals surface area contributed by atoms with Crippen molar-refractivity contribution in [3.05, 3.63) is 63.4 Å². The molecule has 2 aromatic rings. The molecule has 114 valence electrons. The normalized spacial score (nSPS) is 11.4. The number of amides is 1. The Balaban J connectivity index is 2.24. The van der Waals surface area contributed by atoms with Crippen LogP contribution in [0.15, 0.2) is 41.5 Å². The maximum atomic E-state index is 13.5. The van der Waals surface area contributed by atoms with Gasteiger partial charge < -0.3 is 5.11 Å². The van der Waals surface area contributed by atoms with Crippen LogP contribution in [0.2, 0.25) is 10.0 Å². The predicted molar refractivity (Wildman–Crippen MR) is 84.2 cm³/mol. The molecular weight excluding hydrogens is 330 g/mol. The molecule has 0 radical (unpaired) electrons. The molecule has 0 spiro atoms. The van der Waals surface area contributed by atoms with Crippen molar-refractivity contribution in [2.45, 2.75) is 6.92 Å². The van der Waals surface area contributed by atoms with E-state index in [2.05, 4.69) is 10.5 Å². The molecule has 0 saturated carbocycles. The van der Waals surface area contributed by atoms with Gasteiger partial charge in [-0.3, -0.25) is 4.79 Å². The highest BCUT2D eigenvalue weighted by Crippen LogP contribution is 2.31. The average Bonchev–Trinajstić information content (AvgIpc) is 2.48. The number of halogens is 3. The van der Waals surface area contributed by atoms with Crippen LogP contribution in [0.4, 0.5) is 4.39 Å². The number of benzene rings is 2. The van der Waals surface area contributed by atoms with Crippen LogP contribution in [-0.4, -0.2) is 16.7 Å². The number of hydrogen-bond acceptors (Lipinski definition) is 3. The van der Waals surface area contributed by atoms with Crippen LogP contribution < -0.4 is 5.43 Å². The van der Waals surface area contributed by atoms with Crippen LogP contribution in [-0.2, 0) is 0 Å². The third kappa shape index (κ3) is 3.55. The molecule has 0 unspecified atom stereocenters. The van der Waals surface area contributed by atoms with Gasteiger partial charge in [0.1, 0.15) is 11.6 Å². The number of phenols is 1. The summed E-state index contributed by atoms with van der Waals surface area (Å²) in [6.45, 7) is 1.54. The third-order valence-corrected chi connectivity index (χ3v) is 3.37. The van der Waals surface area contributed by atoms with Gasteiger partial charge >= 0.3 is 0 Å². The number of hydrazone groups is 1. The van der Waals surface area contributed by atoms with Gasteiger partial charge in [-0.05, 0) is 31.2 Å². The maximum Gasteiger partial charge on any atom is 0.274 e. The summed E-state index contributed by atoms with van der Waals surface area (Å²) in [7, 11) is 0. The van der Waals surface area contributed by atoms with E-state index in [4.69, 9.17) is 23.2 Å². The fraction of sp³-hybridized carbons (Fsp3) is 0.0667. The highest BCUT2D eigenvalue weighted by molar-refractivity contribution is 6.36. The molecule has 0 heterocycles. The largest absolute Gasteiger partial charge is 0.506 e. The van der Waals surface area contributed by atoms with E-state index < -0.39 is 11.7 Å². The maximum absolute atomic E-state index is 13.5. The SMILES string of the molecule is C/C(=N\NC(=O)c1ccccc1F)c1cc(Cl)cc(Cl)c1O. The molecule has 2 N–H and O–H groups in total. The van der Waals surface area contributed by atoms with Gasteiger partial charge in [-0.15, -0.1) is 0 Å². The van der Waals surface area contributed by atoms with Crippen molar-refractivity contribution in [1.29, 1.82) is 0 Å². The molecule has 4 nitrogen and oxygen atoms in total. The zero-order valence-electron chi connectivity index (χ0n) is 11.4. The monoisotopic (exact) mass is 340 g/mol. The summed E-state index contributed by atoms with van der Waals surface area (Å²) in [6, 6.07) is 8.37. The van der Waals surface area contributed by atoms with Crippen molar-refractivity contribution in [3.8, 4) is 5.75 Å². The molecule has 22 heavy (non-hydrogen) atoms. The number of nitrogens with one attached hydrogen (secondary N) is 1. The van der Waals surface area contributed by atoms with E-state index >= 15 is 0 Å². The summed E-state index contributed by atoms with van der Waals surface area (Å²) in [5.74, 6) is -1.56. The van der Waals surface area contributed by atoms with E-state index in [0.29, 0.717) is 5.02 Å². The standard InChI is InChI=1S/C15H11Cl2FN2O2/c1-8(11-6-9(16)7-12(17)14(11)21)19-20-15(22)10-4-2-3-5-13(10)18/h2-7,21H,1H3,(H,20,22)/b19-8+. The predicted octanol–water partition coefficient (Wildman–Crippen LogP) is 3.99. The van der Waals surface area contributed by atoms with Gasteiger partial charge in [-0.25, -0.2) is 9.82 Å². The molecule has 2 rings (SSSR count). The fourth-order valence-corrected chi connectivity index (χ4v) is 2.24. The number of nitrogens with zero attached hydrogens (tertiary/aromatic N) is 1. The zero-order valence-corrected chi connectivity index (χ0v) is 12.9. The van der Waals surface area contributed by atoms with Crippen LogP contribution in [0.3, 0.4) is 0 Å². The first-order valence-corrected chi connectivity index (χ1v) is 6.93. The summed E-state index contributed by atoms with van der Waals surface area (Å²) in [4.78, 5) is 11.8. The van der Waals surface area contributed by atoms with Crippen LogP contribution >= 0.6 is 23.2 Å². The first-order valence-electron chi connectivity index (χ1n) is 6.17. The number of carbonyl (C=O) groups excluding carboxylic acids is 1. The van der Waals surface area contributed by atoms with Crippen molar-refractivity contribution < 1.29 is 14.3 Å².